The summed E-state index contributed by atoms with van der Waals surface area (Å²) in [6.07, 6.45) is 0.550. The van der Waals surface area contributed by atoms with Gasteiger partial charge in [0.1, 0.15) is 5.82 Å². The van der Waals surface area contributed by atoms with Gasteiger partial charge in [-0.3, -0.25) is 0 Å². The van der Waals surface area contributed by atoms with E-state index in [4.69, 9.17) is 10.2 Å². The van der Waals surface area contributed by atoms with Gasteiger partial charge in [0.05, 0.1) is 0 Å². The second kappa shape index (κ2) is 4.18. The van der Waals surface area contributed by atoms with Crippen LogP contribution in [0.25, 0.3) is 11.5 Å². The lowest BCUT2D eigenvalue weighted by Gasteiger charge is -1.93. The standard InChI is InChI=1S/C10H10FN3O/c11-8-3-1-7(2-4-8)10-14-13-9(15-10)5-6-12/h1-4H,5-6,12H2. The molecule has 78 valence electrons. The fourth-order valence-electron chi connectivity index (χ4n) is 1.19. The van der Waals surface area contributed by atoms with Gasteiger partial charge in [0.15, 0.2) is 0 Å². The lowest BCUT2D eigenvalue weighted by atomic mass is 10.2. The van der Waals surface area contributed by atoms with Gasteiger partial charge in [-0.25, -0.2) is 4.39 Å². The number of hydrogen-bond acceptors (Lipinski definition) is 4. The van der Waals surface area contributed by atoms with Crippen molar-refractivity contribution in [2.75, 3.05) is 6.54 Å². The number of aromatic nitrogens is 2. The van der Waals surface area contributed by atoms with Crippen molar-refractivity contribution in [1.29, 1.82) is 0 Å². The average molecular weight is 207 g/mol. The molecule has 0 amide bonds. The van der Waals surface area contributed by atoms with E-state index in [2.05, 4.69) is 10.2 Å². The molecule has 0 aliphatic heterocycles. The number of halogens is 1. The van der Waals surface area contributed by atoms with Crippen molar-refractivity contribution in [3.63, 3.8) is 0 Å². The van der Waals surface area contributed by atoms with Gasteiger partial charge in [0, 0.05) is 18.5 Å². The van der Waals surface area contributed by atoms with Crippen LogP contribution in [-0.2, 0) is 6.42 Å². The molecule has 1 aromatic heterocycles. The number of nitrogens with zero attached hydrogens (tertiary/aromatic N) is 2. The molecule has 4 nitrogen and oxygen atoms in total. The molecule has 0 unspecified atom stereocenters. The van der Waals surface area contributed by atoms with Crippen molar-refractivity contribution in [2.24, 2.45) is 5.73 Å². The van der Waals surface area contributed by atoms with Crippen LogP contribution in [0.5, 0.6) is 0 Å². The number of hydrogen-bond donors (Lipinski definition) is 1. The first kappa shape index (κ1) is 9.79. The van der Waals surface area contributed by atoms with E-state index in [-0.39, 0.29) is 5.82 Å². The predicted octanol–water partition coefficient (Wildman–Crippen LogP) is 1.38. The molecule has 1 aromatic carbocycles. The third kappa shape index (κ3) is 2.19. The van der Waals surface area contributed by atoms with Gasteiger partial charge in [0.2, 0.25) is 11.8 Å². The maximum absolute atomic E-state index is 12.6. The Morgan fingerprint density at radius 2 is 1.93 bits per heavy atom. The first-order valence-corrected chi connectivity index (χ1v) is 4.58. The zero-order chi connectivity index (χ0) is 10.7. The van der Waals surface area contributed by atoms with Gasteiger partial charge in [-0.05, 0) is 24.3 Å². The summed E-state index contributed by atoms with van der Waals surface area (Å²) < 4.78 is 18.0. The molecule has 2 rings (SSSR count). The van der Waals surface area contributed by atoms with Crippen molar-refractivity contribution in [3.8, 4) is 11.5 Å². The molecule has 0 saturated heterocycles. The minimum Gasteiger partial charge on any atom is -0.421 e. The maximum atomic E-state index is 12.6. The van der Waals surface area contributed by atoms with Gasteiger partial charge in [-0.15, -0.1) is 10.2 Å². The third-order valence-electron chi connectivity index (χ3n) is 1.92. The Balaban J connectivity index is 2.25. The maximum Gasteiger partial charge on any atom is 0.247 e. The Morgan fingerprint density at radius 1 is 1.20 bits per heavy atom. The van der Waals surface area contributed by atoms with Crippen LogP contribution in [0.2, 0.25) is 0 Å². The fraction of sp³-hybridized carbons (Fsp3) is 0.200. The largest absolute Gasteiger partial charge is 0.421 e. The second-order valence-electron chi connectivity index (χ2n) is 3.05. The highest BCUT2D eigenvalue weighted by molar-refractivity contribution is 5.51. The van der Waals surface area contributed by atoms with Gasteiger partial charge < -0.3 is 10.2 Å². The topological polar surface area (TPSA) is 64.9 Å². The SMILES string of the molecule is NCCc1nnc(-c2ccc(F)cc2)o1. The summed E-state index contributed by atoms with van der Waals surface area (Å²) in [6.45, 7) is 0.463. The van der Waals surface area contributed by atoms with Crippen molar-refractivity contribution in [1.82, 2.24) is 10.2 Å². The lowest BCUT2D eigenvalue weighted by molar-refractivity contribution is 0.507. The summed E-state index contributed by atoms with van der Waals surface area (Å²) in [7, 11) is 0. The molecule has 2 N–H and O–H groups in total. The van der Waals surface area contributed by atoms with Crippen molar-refractivity contribution < 1.29 is 8.81 Å². The first-order valence-electron chi connectivity index (χ1n) is 4.58. The van der Waals surface area contributed by atoms with E-state index in [1.165, 1.54) is 12.1 Å². The van der Waals surface area contributed by atoms with Crippen molar-refractivity contribution in [2.45, 2.75) is 6.42 Å². The molecule has 0 bridgehead atoms. The quantitative estimate of drug-likeness (QED) is 0.825. The molecule has 0 saturated carbocycles. The van der Waals surface area contributed by atoms with E-state index in [9.17, 15) is 4.39 Å². The van der Waals surface area contributed by atoms with Crippen LogP contribution in [0.4, 0.5) is 4.39 Å². The zero-order valence-corrected chi connectivity index (χ0v) is 7.98. The summed E-state index contributed by atoms with van der Waals surface area (Å²) >= 11 is 0. The average Bonchev–Trinajstić information content (AvgIpc) is 2.68. The minimum absolute atomic E-state index is 0.291. The molecule has 15 heavy (non-hydrogen) atoms. The summed E-state index contributed by atoms with van der Waals surface area (Å²) in [6, 6.07) is 5.88. The molecule has 2 aromatic rings. The molecule has 0 spiro atoms. The van der Waals surface area contributed by atoms with Gasteiger partial charge in [-0.1, -0.05) is 0 Å². The Bertz CT molecular complexity index is 438. The summed E-state index contributed by atoms with van der Waals surface area (Å²) in [5.41, 5.74) is 6.05. The van der Waals surface area contributed by atoms with Crippen molar-refractivity contribution in [3.05, 3.63) is 36.0 Å². The molecule has 0 radical (unpaired) electrons. The zero-order valence-electron chi connectivity index (χ0n) is 7.98. The number of rotatable bonds is 3. The number of nitrogens with two attached hydrogens (primary N) is 1. The van der Waals surface area contributed by atoms with Gasteiger partial charge in [-0.2, -0.15) is 0 Å². The van der Waals surface area contributed by atoms with Crippen LogP contribution >= 0.6 is 0 Å². The normalized spacial score (nSPS) is 10.5. The summed E-state index contributed by atoms with van der Waals surface area (Å²) in [5.74, 6) is 0.593. The molecule has 0 atom stereocenters. The smallest absolute Gasteiger partial charge is 0.247 e. The van der Waals surface area contributed by atoms with E-state index < -0.39 is 0 Å². The van der Waals surface area contributed by atoms with E-state index in [0.717, 1.165) is 0 Å². The highest BCUT2D eigenvalue weighted by Gasteiger charge is 2.07. The predicted molar refractivity (Wildman–Crippen MR) is 52.5 cm³/mol. The molecular formula is C10H10FN3O. The van der Waals surface area contributed by atoms with Crippen LogP contribution in [0, 0.1) is 5.82 Å². The van der Waals surface area contributed by atoms with Crippen molar-refractivity contribution >= 4 is 0 Å². The van der Waals surface area contributed by atoms with E-state index in [1.54, 1.807) is 12.1 Å². The number of benzene rings is 1. The Hall–Kier alpha value is -1.75. The Morgan fingerprint density at radius 3 is 2.60 bits per heavy atom. The Kier molecular flexibility index (Phi) is 2.73. The van der Waals surface area contributed by atoms with E-state index in [0.29, 0.717) is 30.3 Å². The second-order valence-corrected chi connectivity index (χ2v) is 3.05. The molecule has 0 aliphatic rings. The molecule has 5 heteroatoms. The van der Waals surface area contributed by atoms with Crippen LogP contribution in [0.3, 0.4) is 0 Å². The van der Waals surface area contributed by atoms with Crippen LogP contribution in [0.1, 0.15) is 5.89 Å². The summed E-state index contributed by atoms with van der Waals surface area (Å²) in [4.78, 5) is 0. The van der Waals surface area contributed by atoms with E-state index >= 15 is 0 Å². The highest BCUT2D eigenvalue weighted by atomic mass is 19.1. The molecule has 1 heterocycles. The van der Waals surface area contributed by atoms with Crippen LogP contribution in [-0.4, -0.2) is 16.7 Å². The Labute approximate surface area is 85.9 Å². The lowest BCUT2D eigenvalue weighted by Crippen LogP contribution is -2.02. The van der Waals surface area contributed by atoms with Crippen LogP contribution in [0.15, 0.2) is 28.7 Å². The molecule has 0 fully saturated rings. The fourth-order valence-corrected chi connectivity index (χ4v) is 1.19. The highest BCUT2D eigenvalue weighted by Crippen LogP contribution is 2.17. The third-order valence-corrected chi connectivity index (χ3v) is 1.92. The monoisotopic (exact) mass is 207 g/mol. The summed E-state index contributed by atoms with van der Waals surface area (Å²) in [5, 5.41) is 7.65. The van der Waals surface area contributed by atoms with Crippen LogP contribution < -0.4 is 5.73 Å². The van der Waals surface area contributed by atoms with Gasteiger partial charge in [0.25, 0.3) is 0 Å². The molecular weight excluding hydrogens is 197 g/mol. The minimum atomic E-state index is -0.291. The first-order chi connectivity index (χ1) is 7.29. The van der Waals surface area contributed by atoms with E-state index in [1.807, 2.05) is 0 Å². The van der Waals surface area contributed by atoms with Gasteiger partial charge >= 0.3 is 0 Å². The molecule has 0 aliphatic carbocycles.